The highest BCUT2D eigenvalue weighted by molar-refractivity contribution is 5.47. The lowest BCUT2D eigenvalue weighted by Gasteiger charge is -2.37. The Kier molecular flexibility index (Phi) is 5.23. The van der Waals surface area contributed by atoms with E-state index in [2.05, 4.69) is 11.8 Å². The fourth-order valence-electron chi connectivity index (χ4n) is 2.44. The Morgan fingerprint density at radius 1 is 1.50 bits per heavy atom. The molecule has 20 heavy (non-hydrogen) atoms. The van der Waals surface area contributed by atoms with Gasteiger partial charge in [0.15, 0.2) is 0 Å². The average molecular weight is 280 g/mol. The van der Waals surface area contributed by atoms with Crippen LogP contribution in [0.3, 0.4) is 0 Å². The molecule has 1 fully saturated rings. The van der Waals surface area contributed by atoms with E-state index in [1.807, 2.05) is 25.1 Å². The number of benzene rings is 1. The zero-order valence-corrected chi connectivity index (χ0v) is 12.2. The van der Waals surface area contributed by atoms with Crippen LogP contribution in [0.1, 0.15) is 19.4 Å². The Morgan fingerprint density at radius 2 is 2.30 bits per heavy atom. The van der Waals surface area contributed by atoms with Crippen molar-refractivity contribution in [1.82, 2.24) is 4.90 Å². The molecule has 0 aliphatic carbocycles. The van der Waals surface area contributed by atoms with Crippen LogP contribution in [0.2, 0.25) is 0 Å². The lowest BCUT2D eigenvalue weighted by molar-refractivity contribution is -0.0806. The molecule has 2 unspecified atom stereocenters. The maximum Gasteiger partial charge on any atom is 0.123 e. The number of rotatable bonds is 5. The molecule has 1 aromatic rings. The molecule has 0 radical (unpaired) electrons. The van der Waals surface area contributed by atoms with Crippen LogP contribution in [0, 0.1) is 0 Å². The first-order valence-corrected chi connectivity index (χ1v) is 7.11. The molecule has 1 heterocycles. The minimum absolute atomic E-state index is 0.0540. The number of anilines is 1. The van der Waals surface area contributed by atoms with Crippen molar-refractivity contribution < 1.29 is 14.6 Å². The van der Waals surface area contributed by atoms with Gasteiger partial charge in [-0.2, -0.15) is 0 Å². The molecule has 5 heteroatoms. The molecular formula is C15H24N2O3. The molecule has 2 atom stereocenters. The van der Waals surface area contributed by atoms with Gasteiger partial charge in [0.05, 0.1) is 25.9 Å². The van der Waals surface area contributed by atoms with Crippen molar-refractivity contribution in [3.05, 3.63) is 23.8 Å². The second-order valence-corrected chi connectivity index (χ2v) is 5.22. The van der Waals surface area contributed by atoms with E-state index in [-0.39, 0.29) is 12.7 Å². The van der Waals surface area contributed by atoms with Crippen LogP contribution < -0.4 is 10.5 Å². The van der Waals surface area contributed by atoms with Gasteiger partial charge in [-0.05, 0) is 32.0 Å². The summed E-state index contributed by atoms with van der Waals surface area (Å²) in [6, 6.07) is 6.05. The number of nitrogens with two attached hydrogens (primary N) is 1. The van der Waals surface area contributed by atoms with Crippen molar-refractivity contribution in [2.24, 2.45) is 0 Å². The maximum atomic E-state index is 9.25. The number of ether oxygens (including phenoxy) is 2. The molecule has 1 saturated heterocycles. The minimum Gasteiger partial charge on any atom is -0.494 e. The van der Waals surface area contributed by atoms with Gasteiger partial charge in [0.1, 0.15) is 5.75 Å². The molecular weight excluding hydrogens is 256 g/mol. The van der Waals surface area contributed by atoms with Gasteiger partial charge in [-0.1, -0.05) is 0 Å². The SMILES string of the molecule is CCOc1ccc(N)cc1CN1CC(CO)OCC1C. The normalized spacial score (nSPS) is 23.8. The van der Waals surface area contributed by atoms with Crippen LogP contribution in [0.25, 0.3) is 0 Å². The molecule has 0 spiro atoms. The smallest absolute Gasteiger partial charge is 0.123 e. The zero-order valence-electron chi connectivity index (χ0n) is 12.2. The average Bonchev–Trinajstić information content (AvgIpc) is 2.44. The standard InChI is InChI=1S/C15H24N2O3/c1-3-19-15-5-4-13(16)6-12(15)7-17-8-14(9-18)20-10-11(17)2/h4-6,11,14,18H,3,7-10,16H2,1-2H3. The molecule has 1 aliphatic heterocycles. The Morgan fingerprint density at radius 3 is 3.00 bits per heavy atom. The second kappa shape index (κ2) is 6.92. The Labute approximate surface area is 120 Å². The number of hydrogen-bond acceptors (Lipinski definition) is 5. The van der Waals surface area contributed by atoms with Gasteiger partial charge >= 0.3 is 0 Å². The van der Waals surface area contributed by atoms with Crippen molar-refractivity contribution in [2.75, 3.05) is 32.1 Å². The van der Waals surface area contributed by atoms with Gasteiger partial charge in [0.2, 0.25) is 0 Å². The first-order valence-electron chi connectivity index (χ1n) is 7.11. The highest BCUT2D eigenvalue weighted by Crippen LogP contribution is 2.25. The van der Waals surface area contributed by atoms with Gasteiger partial charge in [-0.15, -0.1) is 0 Å². The van der Waals surface area contributed by atoms with Crippen LogP contribution in [-0.4, -0.2) is 48.5 Å². The van der Waals surface area contributed by atoms with E-state index in [1.165, 1.54) is 0 Å². The maximum absolute atomic E-state index is 9.25. The molecule has 1 aromatic carbocycles. The van der Waals surface area contributed by atoms with Crippen LogP contribution in [-0.2, 0) is 11.3 Å². The number of aliphatic hydroxyl groups excluding tert-OH is 1. The van der Waals surface area contributed by atoms with Crippen LogP contribution >= 0.6 is 0 Å². The summed E-state index contributed by atoms with van der Waals surface area (Å²) in [5.74, 6) is 0.876. The van der Waals surface area contributed by atoms with Gasteiger partial charge in [0, 0.05) is 30.4 Å². The number of nitrogen functional groups attached to an aromatic ring is 1. The minimum atomic E-state index is -0.109. The molecule has 3 N–H and O–H groups in total. The van der Waals surface area contributed by atoms with E-state index in [9.17, 15) is 5.11 Å². The van der Waals surface area contributed by atoms with Gasteiger partial charge < -0.3 is 20.3 Å². The molecule has 0 aromatic heterocycles. The molecule has 112 valence electrons. The van der Waals surface area contributed by atoms with Crippen LogP contribution in [0.4, 0.5) is 5.69 Å². The molecule has 0 saturated carbocycles. The number of morpholine rings is 1. The van der Waals surface area contributed by atoms with Gasteiger partial charge in [-0.3, -0.25) is 4.90 Å². The van der Waals surface area contributed by atoms with Gasteiger partial charge in [-0.25, -0.2) is 0 Å². The first-order chi connectivity index (χ1) is 9.63. The summed E-state index contributed by atoms with van der Waals surface area (Å²) in [6.45, 7) is 6.89. The van der Waals surface area contributed by atoms with E-state index >= 15 is 0 Å². The predicted molar refractivity (Wildman–Crippen MR) is 78.7 cm³/mol. The molecule has 5 nitrogen and oxygen atoms in total. The third-order valence-corrected chi connectivity index (χ3v) is 3.60. The Bertz CT molecular complexity index is 439. The fraction of sp³-hybridized carbons (Fsp3) is 0.600. The topological polar surface area (TPSA) is 68.0 Å². The number of nitrogens with zero attached hydrogens (tertiary/aromatic N) is 1. The largest absolute Gasteiger partial charge is 0.494 e. The summed E-state index contributed by atoms with van der Waals surface area (Å²) in [4.78, 5) is 2.29. The first kappa shape index (κ1) is 15.1. The third-order valence-electron chi connectivity index (χ3n) is 3.60. The van der Waals surface area contributed by atoms with Crippen molar-refractivity contribution in [3.8, 4) is 5.75 Å². The Hall–Kier alpha value is -1.30. The zero-order chi connectivity index (χ0) is 14.5. The summed E-state index contributed by atoms with van der Waals surface area (Å²) in [5, 5.41) is 9.25. The van der Waals surface area contributed by atoms with Crippen molar-refractivity contribution in [2.45, 2.75) is 32.5 Å². The second-order valence-electron chi connectivity index (χ2n) is 5.22. The molecule has 0 bridgehead atoms. The predicted octanol–water partition coefficient (Wildman–Crippen LogP) is 1.25. The highest BCUT2D eigenvalue weighted by Gasteiger charge is 2.26. The number of hydrogen-bond donors (Lipinski definition) is 2. The lowest BCUT2D eigenvalue weighted by atomic mass is 10.1. The van der Waals surface area contributed by atoms with E-state index in [0.717, 1.165) is 30.1 Å². The van der Waals surface area contributed by atoms with E-state index in [1.54, 1.807) is 0 Å². The quantitative estimate of drug-likeness (QED) is 0.795. The third kappa shape index (κ3) is 3.62. The summed E-state index contributed by atoms with van der Waals surface area (Å²) in [7, 11) is 0. The highest BCUT2D eigenvalue weighted by atomic mass is 16.5. The van der Waals surface area contributed by atoms with Crippen molar-refractivity contribution in [1.29, 1.82) is 0 Å². The fourth-order valence-corrected chi connectivity index (χ4v) is 2.44. The van der Waals surface area contributed by atoms with E-state index in [4.69, 9.17) is 15.2 Å². The monoisotopic (exact) mass is 280 g/mol. The van der Waals surface area contributed by atoms with E-state index in [0.29, 0.717) is 19.3 Å². The van der Waals surface area contributed by atoms with Crippen molar-refractivity contribution in [3.63, 3.8) is 0 Å². The van der Waals surface area contributed by atoms with E-state index < -0.39 is 0 Å². The van der Waals surface area contributed by atoms with Crippen molar-refractivity contribution >= 4 is 5.69 Å². The number of aliphatic hydroxyl groups is 1. The summed E-state index contributed by atoms with van der Waals surface area (Å²) in [5.41, 5.74) is 7.70. The van der Waals surface area contributed by atoms with Crippen LogP contribution in [0.15, 0.2) is 18.2 Å². The molecule has 0 amide bonds. The molecule has 2 rings (SSSR count). The molecule has 1 aliphatic rings. The summed E-state index contributed by atoms with van der Waals surface area (Å²) >= 11 is 0. The summed E-state index contributed by atoms with van der Waals surface area (Å²) < 4.78 is 11.2. The lowest BCUT2D eigenvalue weighted by Crippen LogP contribution is -2.48. The van der Waals surface area contributed by atoms with Gasteiger partial charge in [0.25, 0.3) is 0 Å². The van der Waals surface area contributed by atoms with Crippen LogP contribution in [0.5, 0.6) is 5.75 Å². The summed E-state index contributed by atoms with van der Waals surface area (Å²) in [6.07, 6.45) is -0.109. The Balaban J connectivity index is 2.13.